The molecule has 1 aromatic heterocycles. The van der Waals surface area contributed by atoms with E-state index in [9.17, 15) is 4.79 Å². The van der Waals surface area contributed by atoms with E-state index in [0.29, 0.717) is 16.9 Å². The molecule has 1 N–H and O–H groups in total. The minimum absolute atomic E-state index is 0.164. The highest BCUT2D eigenvalue weighted by Gasteiger charge is 2.25. The van der Waals surface area contributed by atoms with Crippen molar-refractivity contribution < 1.29 is 9.21 Å². The van der Waals surface area contributed by atoms with Crippen LogP contribution in [-0.2, 0) is 11.2 Å². The number of halogens is 1. The number of nitrogens with one attached hydrogen (secondary N) is 1. The minimum atomic E-state index is -0.514. The van der Waals surface area contributed by atoms with Gasteiger partial charge >= 0.3 is 6.01 Å². The molecule has 0 aliphatic carbocycles. The first kappa shape index (κ1) is 18.5. The quantitative estimate of drug-likeness (QED) is 0.686. The highest BCUT2D eigenvalue weighted by molar-refractivity contribution is 6.31. The Labute approximate surface area is 168 Å². The summed E-state index contributed by atoms with van der Waals surface area (Å²) in [6.07, 6.45) is 2.42. The lowest BCUT2D eigenvalue weighted by Gasteiger charge is -2.16. The zero-order valence-corrected chi connectivity index (χ0v) is 16.1. The number of aromatic nitrogens is 2. The summed E-state index contributed by atoms with van der Waals surface area (Å²) >= 11 is 6.19. The fraction of sp³-hybridized carbons (Fsp3) is 0.286. The van der Waals surface area contributed by atoms with Gasteiger partial charge in [0, 0.05) is 18.1 Å². The summed E-state index contributed by atoms with van der Waals surface area (Å²) in [7, 11) is 0. The van der Waals surface area contributed by atoms with Gasteiger partial charge in [0.15, 0.2) is 0 Å². The summed E-state index contributed by atoms with van der Waals surface area (Å²) in [6, 6.07) is 16.9. The Morgan fingerprint density at radius 3 is 2.54 bits per heavy atom. The average Bonchev–Trinajstić information content (AvgIpc) is 3.40. The van der Waals surface area contributed by atoms with Crippen LogP contribution in [0.5, 0.6) is 0 Å². The molecule has 7 heteroatoms. The molecular formula is C21H21ClN4O2. The van der Waals surface area contributed by atoms with E-state index in [-0.39, 0.29) is 12.3 Å². The molecule has 6 nitrogen and oxygen atoms in total. The van der Waals surface area contributed by atoms with Crippen molar-refractivity contribution in [1.82, 2.24) is 15.5 Å². The van der Waals surface area contributed by atoms with Gasteiger partial charge in [-0.1, -0.05) is 65.2 Å². The standard InChI is InChI=1S/C21H21ClN4O2/c22-17-11-5-4-10-16(17)14-18(27)23-19(15-8-2-1-3-9-15)20-24-25-21(28-20)26-12-6-7-13-26/h1-5,8-11,19H,6-7,12-14H2,(H,23,27)/t19-/m1/s1. The van der Waals surface area contributed by atoms with Crippen molar-refractivity contribution in [3.05, 3.63) is 76.6 Å². The Hall–Kier alpha value is -2.86. The molecular weight excluding hydrogens is 376 g/mol. The van der Waals surface area contributed by atoms with Gasteiger partial charge in [0.05, 0.1) is 6.42 Å². The number of nitrogens with zero attached hydrogens (tertiary/aromatic N) is 3. The molecule has 0 spiro atoms. The third-order valence-corrected chi connectivity index (χ3v) is 5.17. The second kappa shape index (κ2) is 8.44. The summed E-state index contributed by atoms with van der Waals surface area (Å²) < 4.78 is 5.92. The monoisotopic (exact) mass is 396 g/mol. The Morgan fingerprint density at radius 1 is 1.07 bits per heavy atom. The molecule has 0 bridgehead atoms. The van der Waals surface area contributed by atoms with Gasteiger partial charge in [-0.05, 0) is 30.0 Å². The van der Waals surface area contributed by atoms with Crippen LogP contribution in [-0.4, -0.2) is 29.2 Å². The molecule has 0 radical (unpaired) electrons. The molecule has 1 aliphatic rings. The number of hydrogen-bond acceptors (Lipinski definition) is 5. The van der Waals surface area contributed by atoms with Gasteiger partial charge in [-0.25, -0.2) is 0 Å². The minimum Gasteiger partial charge on any atom is -0.405 e. The Morgan fingerprint density at radius 2 is 1.79 bits per heavy atom. The van der Waals surface area contributed by atoms with E-state index >= 15 is 0 Å². The Kier molecular flexibility index (Phi) is 5.58. The number of amides is 1. The average molecular weight is 397 g/mol. The van der Waals surface area contributed by atoms with E-state index in [1.165, 1.54) is 0 Å². The summed E-state index contributed by atoms with van der Waals surface area (Å²) in [4.78, 5) is 14.8. The molecule has 0 unspecified atom stereocenters. The first-order valence-electron chi connectivity index (χ1n) is 9.37. The molecule has 28 heavy (non-hydrogen) atoms. The van der Waals surface area contributed by atoms with Crippen LogP contribution in [0.15, 0.2) is 59.0 Å². The zero-order chi connectivity index (χ0) is 19.3. The highest BCUT2D eigenvalue weighted by Crippen LogP contribution is 2.26. The fourth-order valence-corrected chi connectivity index (χ4v) is 3.54. The van der Waals surface area contributed by atoms with Crippen LogP contribution in [0.1, 0.15) is 35.9 Å². The van der Waals surface area contributed by atoms with Crippen molar-refractivity contribution in [2.75, 3.05) is 18.0 Å². The Bertz CT molecular complexity index is 938. The van der Waals surface area contributed by atoms with Gasteiger partial charge in [0.25, 0.3) is 0 Å². The van der Waals surface area contributed by atoms with Crippen LogP contribution in [0.25, 0.3) is 0 Å². The number of rotatable bonds is 6. The van der Waals surface area contributed by atoms with Gasteiger partial charge in [0.1, 0.15) is 6.04 Å². The van der Waals surface area contributed by atoms with Crippen molar-refractivity contribution in [2.24, 2.45) is 0 Å². The van der Waals surface area contributed by atoms with Gasteiger partial charge in [-0.2, -0.15) is 0 Å². The van der Waals surface area contributed by atoms with Crippen molar-refractivity contribution in [1.29, 1.82) is 0 Å². The number of anilines is 1. The van der Waals surface area contributed by atoms with Crippen molar-refractivity contribution >= 4 is 23.5 Å². The van der Waals surface area contributed by atoms with Gasteiger partial charge in [0.2, 0.25) is 11.8 Å². The maximum absolute atomic E-state index is 12.7. The number of carbonyl (C=O) groups is 1. The molecule has 1 atom stereocenters. The summed E-state index contributed by atoms with van der Waals surface area (Å²) in [5.41, 5.74) is 1.66. The van der Waals surface area contributed by atoms with E-state index < -0.39 is 6.04 Å². The number of benzene rings is 2. The molecule has 1 saturated heterocycles. The van der Waals surface area contributed by atoms with Crippen LogP contribution >= 0.6 is 11.6 Å². The van der Waals surface area contributed by atoms with Gasteiger partial charge in [-0.3, -0.25) is 4.79 Å². The molecule has 1 aliphatic heterocycles. The maximum atomic E-state index is 12.7. The number of hydrogen-bond donors (Lipinski definition) is 1. The lowest BCUT2D eigenvalue weighted by Crippen LogP contribution is -2.31. The van der Waals surface area contributed by atoms with Crippen LogP contribution in [0, 0.1) is 0 Å². The second-order valence-electron chi connectivity index (χ2n) is 6.80. The molecule has 3 aromatic rings. The van der Waals surface area contributed by atoms with Crippen LogP contribution in [0.3, 0.4) is 0 Å². The highest BCUT2D eigenvalue weighted by atomic mass is 35.5. The lowest BCUT2D eigenvalue weighted by molar-refractivity contribution is -0.121. The van der Waals surface area contributed by atoms with E-state index in [1.54, 1.807) is 6.07 Å². The van der Waals surface area contributed by atoms with E-state index in [0.717, 1.165) is 37.1 Å². The molecule has 2 aromatic carbocycles. The molecule has 0 saturated carbocycles. The second-order valence-corrected chi connectivity index (χ2v) is 7.20. The lowest BCUT2D eigenvalue weighted by atomic mass is 10.1. The molecule has 1 amide bonds. The Balaban J connectivity index is 1.56. The molecule has 4 rings (SSSR count). The summed E-state index contributed by atoms with van der Waals surface area (Å²) in [6.45, 7) is 1.83. The summed E-state index contributed by atoms with van der Waals surface area (Å²) in [5, 5.41) is 12.0. The fourth-order valence-electron chi connectivity index (χ4n) is 3.34. The third kappa shape index (κ3) is 4.17. The van der Waals surface area contributed by atoms with E-state index in [2.05, 4.69) is 20.4 Å². The van der Waals surface area contributed by atoms with Gasteiger partial charge in [-0.15, -0.1) is 5.10 Å². The van der Waals surface area contributed by atoms with Crippen LogP contribution < -0.4 is 10.2 Å². The number of carbonyl (C=O) groups excluding carboxylic acids is 1. The first-order chi connectivity index (χ1) is 13.7. The van der Waals surface area contributed by atoms with Crippen molar-refractivity contribution in [3.63, 3.8) is 0 Å². The summed E-state index contributed by atoms with van der Waals surface area (Å²) in [5.74, 6) is 0.212. The normalized spacial score (nSPS) is 14.8. The van der Waals surface area contributed by atoms with Crippen LogP contribution in [0.2, 0.25) is 5.02 Å². The largest absolute Gasteiger partial charge is 0.405 e. The van der Waals surface area contributed by atoms with Crippen molar-refractivity contribution in [2.45, 2.75) is 25.3 Å². The third-order valence-electron chi connectivity index (χ3n) is 4.80. The SMILES string of the molecule is O=C(Cc1ccccc1Cl)N[C@H](c1ccccc1)c1nnc(N2CCCC2)o1. The predicted octanol–water partition coefficient (Wildman–Crippen LogP) is 3.77. The molecule has 2 heterocycles. The van der Waals surface area contributed by atoms with Gasteiger partial charge < -0.3 is 14.6 Å². The smallest absolute Gasteiger partial charge is 0.318 e. The zero-order valence-electron chi connectivity index (χ0n) is 15.3. The topological polar surface area (TPSA) is 71.3 Å². The van der Waals surface area contributed by atoms with Crippen LogP contribution in [0.4, 0.5) is 6.01 Å². The van der Waals surface area contributed by atoms with Crippen molar-refractivity contribution in [3.8, 4) is 0 Å². The molecule has 144 valence electrons. The van der Waals surface area contributed by atoms with E-state index in [1.807, 2.05) is 48.5 Å². The predicted molar refractivity (Wildman–Crippen MR) is 107 cm³/mol. The first-order valence-corrected chi connectivity index (χ1v) is 9.74. The molecule has 1 fully saturated rings. The maximum Gasteiger partial charge on any atom is 0.318 e. The van der Waals surface area contributed by atoms with E-state index in [4.69, 9.17) is 16.0 Å².